The molecule has 9 rings (SSSR count). The van der Waals surface area contributed by atoms with Gasteiger partial charge >= 0.3 is 0 Å². The van der Waals surface area contributed by atoms with Gasteiger partial charge in [0.2, 0.25) is 0 Å². The molecule has 354 valence electrons. The molecule has 8 fully saturated rings. The van der Waals surface area contributed by atoms with Gasteiger partial charge in [0.25, 0.3) is 0 Å². The lowest BCUT2D eigenvalue weighted by Crippen LogP contribution is -2.67. The van der Waals surface area contributed by atoms with Crippen LogP contribution in [0.25, 0.3) is 0 Å². The van der Waals surface area contributed by atoms with Gasteiger partial charge in [0.1, 0.15) is 72.9 Å². The maximum Gasteiger partial charge on any atom is 0.187 e. The summed E-state index contributed by atoms with van der Waals surface area (Å²) in [5.41, 5.74) is 1.32. The second-order valence-electron chi connectivity index (χ2n) is 21.2. The predicted octanol–water partition coefficient (Wildman–Crippen LogP) is -0.213. The number of allylic oxidation sites excluding steroid dienone is 1. The van der Waals surface area contributed by atoms with Gasteiger partial charge in [-0.1, -0.05) is 39.3 Å². The molecule has 5 aliphatic heterocycles. The SMILES string of the molecule is C[C@@H]1CC[C@@]2(NC1)O[C@H]1C[C@@H]3[C@@H]4CC=C5C[C@@H](O[C@@H]6O[C@H](CO)[C@H](O)[C@H](O[C@@H]7O[C@H](CO)[C@@H](O)[C@H](O)[C@H]7O)[C@H]6O[C@@H]6O[C@@H](C)[C@H](O)[C@@H](O)[C@H]6O)CC[C@]5(C)[C@H]4CC[C@]3(C)[C@@H]1[C@@H]2C. The van der Waals surface area contributed by atoms with E-state index in [2.05, 4.69) is 39.1 Å². The van der Waals surface area contributed by atoms with Gasteiger partial charge in [-0.2, -0.15) is 0 Å². The Morgan fingerprint density at radius 2 is 1.35 bits per heavy atom. The van der Waals surface area contributed by atoms with Crippen LogP contribution in [-0.4, -0.2) is 176 Å². The van der Waals surface area contributed by atoms with Crippen molar-refractivity contribution in [3.8, 4) is 0 Å². The molecular formula is C45H73NO16. The van der Waals surface area contributed by atoms with E-state index in [-0.39, 0.29) is 22.7 Å². The molecule has 0 amide bonds. The van der Waals surface area contributed by atoms with Gasteiger partial charge < -0.3 is 79.1 Å². The van der Waals surface area contributed by atoms with Gasteiger partial charge in [-0.25, -0.2) is 0 Å². The molecule has 0 unspecified atom stereocenters. The van der Waals surface area contributed by atoms with E-state index in [1.165, 1.54) is 25.3 Å². The van der Waals surface area contributed by atoms with E-state index in [0.717, 1.165) is 38.6 Å². The summed E-state index contributed by atoms with van der Waals surface area (Å²) in [5.74, 6) is 3.32. The first-order chi connectivity index (χ1) is 29.4. The van der Waals surface area contributed by atoms with E-state index >= 15 is 0 Å². The predicted molar refractivity (Wildman–Crippen MR) is 216 cm³/mol. The van der Waals surface area contributed by atoms with Gasteiger partial charge in [-0.05, 0) is 105 Å². The summed E-state index contributed by atoms with van der Waals surface area (Å²) in [6, 6.07) is 0. The summed E-state index contributed by atoms with van der Waals surface area (Å²) in [7, 11) is 0. The third kappa shape index (κ3) is 7.49. The highest BCUT2D eigenvalue weighted by Gasteiger charge is 2.68. The van der Waals surface area contributed by atoms with Gasteiger partial charge in [0.05, 0.1) is 31.5 Å². The first kappa shape index (κ1) is 46.2. The van der Waals surface area contributed by atoms with E-state index in [4.69, 9.17) is 33.2 Å². The fourth-order valence-electron chi connectivity index (χ4n) is 14.2. The summed E-state index contributed by atoms with van der Waals surface area (Å²) in [4.78, 5) is 0. The van der Waals surface area contributed by atoms with Gasteiger partial charge in [0.15, 0.2) is 18.9 Å². The molecule has 62 heavy (non-hydrogen) atoms. The maximum absolute atomic E-state index is 11.6. The van der Waals surface area contributed by atoms with Crippen molar-refractivity contribution in [2.75, 3.05) is 19.8 Å². The van der Waals surface area contributed by atoms with Crippen LogP contribution in [0.4, 0.5) is 0 Å². The van der Waals surface area contributed by atoms with Crippen molar-refractivity contribution in [1.82, 2.24) is 5.32 Å². The minimum Gasteiger partial charge on any atom is -0.394 e. The van der Waals surface area contributed by atoms with Gasteiger partial charge in [-0.15, -0.1) is 0 Å². The molecule has 0 aromatic rings. The molecule has 0 aromatic heterocycles. The Morgan fingerprint density at radius 3 is 2.05 bits per heavy atom. The largest absolute Gasteiger partial charge is 0.394 e. The lowest BCUT2D eigenvalue weighted by Gasteiger charge is -2.59. The van der Waals surface area contributed by atoms with Crippen LogP contribution < -0.4 is 5.32 Å². The molecule has 5 heterocycles. The van der Waals surface area contributed by atoms with Crippen molar-refractivity contribution in [3.63, 3.8) is 0 Å². The quantitative estimate of drug-likeness (QED) is 0.142. The Morgan fingerprint density at radius 1 is 0.694 bits per heavy atom. The summed E-state index contributed by atoms with van der Waals surface area (Å²) in [6.07, 6.45) is -11.9. The zero-order valence-corrected chi connectivity index (χ0v) is 36.7. The number of aliphatic hydroxyl groups excluding tert-OH is 9. The fraction of sp³-hybridized carbons (Fsp3) is 0.956. The number of ether oxygens (including phenoxy) is 7. The van der Waals surface area contributed by atoms with E-state index in [0.29, 0.717) is 48.3 Å². The Bertz CT molecular complexity index is 1610. The van der Waals surface area contributed by atoms with Crippen LogP contribution in [0.2, 0.25) is 0 Å². The first-order valence-electron chi connectivity index (χ1n) is 23.5. The molecule has 5 saturated heterocycles. The molecule has 17 heteroatoms. The van der Waals surface area contributed by atoms with Crippen LogP contribution in [0, 0.1) is 46.3 Å². The lowest BCUT2D eigenvalue weighted by molar-refractivity contribution is -0.394. The van der Waals surface area contributed by atoms with Gasteiger partial charge in [0, 0.05) is 12.5 Å². The summed E-state index contributed by atoms with van der Waals surface area (Å²) in [5, 5.41) is 99.7. The van der Waals surface area contributed by atoms with E-state index in [9.17, 15) is 46.0 Å². The highest BCUT2D eigenvalue weighted by molar-refractivity contribution is 5.26. The van der Waals surface area contributed by atoms with E-state index < -0.39 is 111 Å². The van der Waals surface area contributed by atoms with E-state index in [1.54, 1.807) is 0 Å². The van der Waals surface area contributed by atoms with Crippen molar-refractivity contribution in [2.45, 2.75) is 202 Å². The van der Waals surface area contributed by atoms with Crippen LogP contribution in [0.15, 0.2) is 11.6 Å². The number of hydrogen-bond donors (Lipinski definition) is 10. The van der Waals surface area contributed by atoms with Crippen molar-refractivity contribution in [3.05, 3.63) is 11.6 Å². The molecule has 3 saturated carbocycles. The van der Waals surface area contributed by atoms with Crippen LogP contribution in [-0.2, 0) is 33.2 Å². The summed E-state index contributed by atoms with van der Waals surface area (Å²) in [6.45, 7) is 10.8. The van der Waals surface area contributed by atoms with Crippen LogP contribution >= 0.6 is 0 Å². The number of nitrogens with one attached hydrogen (secondary N) is 1. The topological polar surface area (TPSA) is 259 Å². The fourth-order valence-corrected chi connectivity index (χ4v) is 14.2. The molecule has 4 aliphatic carbocycles. The van der Waals surface area contributed by atoms with Crippen molar-refractivity contribution in [1.29, 1.82) is 0 Å². The Kier molecular flexibility index (Phi) is 12.9. The normalized spacial score (nSPS) is 57.6. The first-order valence-corrected chi connectivity index (χ1v) is 23.5. The minimum absolute atomic E-state index is 0.0361. The van der Waals surface area contributed by atoms with Crippen molar-refractivity contribution < 1.29 is 79.1 Å². The zero-order valence-electron chi connectivity index (χ0n) is 36.7. The van der Waals surface area contributed by atoms with Crippen LogP contribution in [0.5, 0.6) is 0 Å². The Balaban J connectivity index is 0.940. The number of aliphatic hydroxyl groups is 9. The van der Waals surface area contributed by atoms with Crippen LogP contribution in [0.3, 0.4) is 0 Å². The van der Waals surface area contributed by atoms with Crippen molar-refractivity contribution in [2.24, 2.45) is 46.3 Å². The molecule has 1 spiro atoms. The maximum atomic E-state index is 11.6. The number of hydrogen-bond acceptors (Lipinski definition) is 17. The minimum atomic E-state index is -1.84. The second-order valence-corrected chi connectivity index (χ2v) is 21.2. The summed E-state index contributed by atoms with van der Waals surface area (Å²) < 4.78 is 43.9. The molecule has 10 N–H and O–H groups in total. The second kappa shape index (κ2) is 17.3. The number of rotatable bonds is 8. The van der Waals surface area contributed by atoms with Crippen molar-refractivity contribution >= 4 is 0 Å². The highest BCUT2D eigenvalue weighted by Crippen LogP contribution is 2.70. The third-order valence-electron chi connectivity index (χ3n) is 17.9. The number of piperidine rings is 1. The lowest BCUT2D eigenvalue weighted by atomic mass is 9.47. The molecule has 0 radical (unpaired) electrons. The molecule has 0 bridgehead atoms. The molecule has 17 nitrogen and oxygen atoms in total. The molecule has 9 aliphatic rings. The number of fused-ring (bicyclic) bond motifs is 7. The van der Waals surface area contributed by atoms with Crippen LogP contribution in [0.1, 0.15) is 92.4 Å². The van der Waals surface area contributed by atoms with Gasteiger partial charge in [-0.3, -0.25) is 5.32 Å². The smallest absolute Gasteiger partial charge is 0.187 e. The summed E-state index contributed by atoms with van der Waals surface area (Å²) >= 11 is 0. The average Bonchev–Trinajstić information content (AvgIpc) is 3.70. The monoisotopic (exact) mass is 883 g/mol. The molecular weight excluding hydrogens is 810 g/mol. The standard InChI is InChI=1S/C45H73NO16/c1-19-8-13-45(46-16-19)20(2)30-27(62-45)15-26-24-7-6-22-14-23(9-11-43(22,4)25(24)10-12-44(26,30)5)57-42-39(61-40-36(54)34(52)31(49)21(3)56-40)38(33(51)29(18-48)59-42)60-41-37(55)35(53)32(50)28(17-47)58-41/h6,19-21,23-42,46-55H,7-18H2,1-5H3/t19-,20+,21+,23+,24-,25+,26-,27+,28-,29-,30-,31+,32-,33+,34-,35+,36-,37-,38+,39-,40+,41+,42-,43+,44+,45-/m1/s1. The van der Waals surface area contributed by atoms with E-state index in [1.807, 2.05) is 0 Å². The highest BCUT2D eigenvalue weighted by atomic mass is 16.8. The Labute approximate surface area is 364 Å². The molecule has 26 atom stereocenters. The molecule has 0 aromatic carbocycles. The third-order valence-corrected chi connectivity index (χ3v) is 17.9. The Hall–Kier alpha value is -0.940. The average molecular weight is 884 g/mol. The zero-order chi connectivity index (χ0) is 44.2.